The number of para-hydroxylation sites is 1. The van der Waals surface area contributed by atoms with Crippen molar-refractivity contribution in [3.8, 4) is 62.9 Å². The number of aromatic hydroxyl groups is 3. The first-order valence-corrected chi connectivity index (χ1v) is 39.3. The number of primary amides is 1. The van der Waals surface area contributed by atoms with Crippen molar-refractivity contribution in [1.29, 1.82) is 0 Å². The Morgan fingerprint density at radius 3 is 1.93 bits per heavy atom. The number of hydrogen-bond donors (Lipinski definition) is 19. The number of benzene rings is 7. The van der Waals surface area contributed by atoms with Gasteiger partial charge in [-0.25, -0.2) is 4.79 Å². The lowest BCUT2D eigenvalue weighted by molar-refractivity contribution is -0.289. The van der Waals surface area contributed by atoms with Gasteiger partial charge in [-0.2, -0.15) is 0 Å². The van der Waals surface area contributed by atoms with Crippen LogP contribution in [0.2, 0.25) is 20.1 Å². The number of carboxylic acids is 1. The highest BCUT2D eigenvalue weighted by atomic mass is 35.5. The fraction of sp³-hybridized carbons (Fsp3) is 0.390. The molecule has 10 unspecified atom stereocenters. The minimum absolute atomic E-state index is 0.0801. The van der Waals surface area contributed by atoms with E-state index in [9.17, 15) is 84.6 Å². The number of likely N-dealkylation sites (N-methyl/N-ethyl adjacent to an activating group) is 1. The number of phenolic OH excluding ortho intramolecular Hbond substituents is 3. The molecule has 33 nitrogen and oxygen atoms in total. The lowest BCUT2D eigenvalue weighted by Crippen LogP contribution is -2.64. The van der Waals surface area contributed by atoms with E-state index in [-0.39, 0.29) is 93.8 Å². The Morgan fingerprint density at radius 1 is 0.672 bits per heavy atom. The average molecular weight is 1730 g/mol. The summed E-state index contributed by atoms with van der Waals surface area (Å²) < 4.78 is 39.0. The van der Waals surface area contributed by atoms with Gasteiger partial charge in [0.2, 0.25) is 47.1 Å². The third-order valence-corrected chi connectivity index (χ3v) is 22.4. The highest BCUT2D eigenvalue weighted by Crippen LogP contribution is 2.49. The number of carbonyl (C=O) groups is 8. The summed E-state index contributed by atoms with van der Waals surface area (Å²) in [6, 6.07) is 15.2. The minimum atomic E-state index is -2.31. The standard InChI is InChI=1S/C82H91Cl4N9O24/c1-35(2)22-52(88-6)76(107)94-66-68(101)41-14-20-56(50(85)25-41)116-58-8-7-9-59(72(58)118-60-27-43(33-96)70(103)71(104)73(60)119-62-31-82(5,74(105)37(4)115-62)89-32-38-10-16-45(17-11-38)114-34-39-12-18-48(83)49(84)23-39)117-57-21-15-42(26-51(57)86)69(102)67-80(111)93-65(81(112)113)47-28-44(97)29-55(99)63(47)46-24-40(13-19-54(46)98)64(78(109)95-67)92-75(106)36(3)90-77(108)53(30-61(87)100)91-79(66)110/h7-21,23-26,28-29,35-37,43,52-53,60,62,64-71,73-74,88-89,96-99,101-105H,22,27,30-34H2,1-6H3,(H2,87,100)(H,90,108)(H,91,110)(H,92,106)(H,93,111)(H,94,107)(H,95,109)(H,112,113)/t36-,37?,43?,52-,53+,60?,62?,64?,65-,66-,67+,68-,69-,70?,71?,73?,74?,82?/m1/s1. The van der Waals surface area contributed by atoms with E-state index in [0.717, 1.165) is 54.4 Å². The van der Waals surface area contributed by atoms with Crippen LogP contribution in [0.3, 0.4) is 0 Å². The van der Waals surface area contributed by atoms with Gasteiger partial charge in [-0.1, -0.05) is 103 Å². The number of aliphatic carboxylic acids is 1. The Bertz CT molecular complexity index is 4960. The van der Waals surface area contributed by atoms with Crippen molar-refractivity contribution < 1.29 is 118 Å². The van der Waals surface area contributed by atoms with E-state index in [1.807, 2.05) is 26.0 Å². The number of phenols is 3. The number of nitrogens with one attached hydrogen (secondary N) is 8. The van der Waals surface area contributed by atoms with Crippen LogP contribution in [0.5, 0.6) is 51.7 Å². The maximum absolute atomic E-state index is 15.2. The summed E-state index contributed by atoms with van der Waals surface area (Å²) in [5.74, 6) is -14.6. The van der Waals surface area contributed by atoms with Crippen LogP contribution < -0.4 is 67.2 Å². The van der Waals surface area contributed by atoms with E-state index in [0.29, 0.717) is 15.8 Å². The monoisotopic (exact) mass is 1730 g/mol. The van der Waals surface area contributed by atoms with Gasteiger partial charge in [0.05, 0.1) is 50.9 Å². The molecule has 5 heterocycles. The molecular formula is C82H91Cl4N9O24. The topological polar surface area (TPSA) is 517 Å². The molecule has 5 aliphatic heterocycles. The first-order valence-electron chi connectivity index (χ1n) is 37.8. The Hall–Kier alpha value is -10.3. The lowest BCUT2D eigenvalue weighted by Gasteiger charge is -2.48. The normalized spacial score (nSPS) is 26.5. The van der Waals surface area contributed by atoms with Crippen LogP contribution in [-0.4, -0.2) is 191 Å². The van der Waals surface area contributed by atoms with Crippen molar-refractivity contribution in [2.24, 2.45) is 17.6 Å². The van der Waals surface area contributed by atoms with Gasteiger partial charge in [-0.05, 0) is 153 Å². The zero-order valence-electron chi connectivity index (χ0n) is 64.7. The zero-order valence-corrected chi connectivity index (χ0v) is 67.8. The molecule has 37 heteroatoms. The molecule has 2 fully saturated rings. The van der Waals surface area contributed by atoms with Gasteiger partial charge in [0.25, 0.3) is 0 Å². The summed E-state index contributed by atoms with van der Waals surface area (Å²) in [4.78, 5) is 115. The number of aliphatic hydroxyl groups is 6. The van der Waals surface area contributed by atoms with E-state index in [1.165, 1.54) is 55.6 Å². The maximum atomic E-state index is 15.2. The van der Waals surface area contributed by atoms with Crippen LogP contribution in [0.4, 0.5) is 0 Å². The number of ether oxygens (including phenoxy) is 6. The van der Waals surface area contributed by atoms with Gasteiger partial charge in [0.15, 0.2) is 23.8 Å². The molecule has 0 spiro atoms. The summed E-state index contributed by atoms with van der Waals surface area (Å²) >= 11 is 26.5. The van der Waals surface area contributed by atoms with Crippen LogP contribution >= 0.6 is 46.4 Å². The summed E-state index contributed by atoms with van der Waals surface area (Å²) in [7, 11) is 1.48. The number of halogens is 4. The molecule has 1 aliphatic carbocycles. The van der Waals surface area contributed by atoms with E-state index < -0.39 is 203 Å². The quantitative estimate of drug-likeness (QED) is 0.0453. The van der Waals surface area contributed by atoms with Crippen LogP contribution in [0.25, 0.3) is 11.1 Å². The molecule has 20 N–H and O–H groups in total. The van der Waals surface area contributed by atoms with Crippen LogP contribution in [0, 0.1) is 11.8 Å². The van der Waals surface area contributed by atoms with Crippen molar-refractivity contribution in [3.05, 3.63) is 181 Å². The number of carboxylic acid groups (broad SMARTS) is 1. The predicted octanol–water partition coefficient (Wildman–Crippen LogP) is 5.82. The van der Waals surface area contributed by atoms with Crippen LogP contribution in [-0.2, 0) is 61.0 Å². The molecule has 7 amide bonds. The molecule has 636 valence electrons. The summed E-state index contributed by atoms with van der Waals surface area (Å²) in [5, 5.41) is 137. The predicted molar refractivity (Wildman–Crippen MR) is 429 cm³/mol. The van der Waals surface area contributed by atoms with Gasteiger partial charge in [0, 0.05) is 53.8 Å². The smallest absolute Gasteiger partial charge is 0.330 e. The van der Waals surface area contributed by atoms with Crippen LogP contribution in [0.15, 0.2) is 127 Å². The fourth-order valence-electron chi connectivity index (χ4n) is 14.5. The SMILES string of the molecule is CN[C@H](CC(C)C)C(=O)N[C@H]1C(=O)N[C@@H](CC(N)=O)C(=O)N[C@H](C)C(=O)NC2C(=O)N[C@H](C(=O)N[C@@H](C(=O)O)c3cc(O)cc(O)c3-c3cc2ccc3O)[C@H](O)c2ccc(c(Cl)c2)Oc2cccc(c2OC2CC(CO)C(O)C(O)C2OC2CC(C)(NCc3ccc(OCc4ccc(Cl)c(Cl)c4)cc3)C(O)C(C)O2)Oc2ccc(cc2Cl)[C@H]1O. The maximum Gasteiger partial charge on any atom is 0.330 e. The molecule has 1 saturated carbocycles. The minimum Gasteiger partial charge on any atom is -0.508 e. The number of carbonyl (C=O) groups excluding carboxylic acids is 7. The van der Waals surface area contributed by atoms with Crippen molar-refractivity contribution in [2.45, 2.75) is 176 Å². The van der Waals surface area contributed by atoms with Gasteiger partial charge in [0.1, 0.15) is 102 Å². The van der Waals surface area contributed by atoms with E-state index in [2.05, 4.69) is 42.5 Å². The Morgan fingerprint density at radius 2 is 1.32 bits per heavy atom. The van der Waals surface area contributed by atoms with Crippen molar-refractivity contribution in [1.82, 2.24) is 42.5 Å². The molecule has 6 aliphatic rings. The number of amides is 7. The van der Waals surface area contributed by atoms with E-state index in [1.54, 1.807) is 44.2 Å². The van der Waals surface area contributed by atoms with Gasteiger partial charge >= 0.3 is 5.97 Å². The summed E-state index contributed by atoms with van der Waals surface area (Å²) in [6.07, 6.45) is -15.3. The third-order valence-electron chi connectivity index (χ3n) is 21.0. The summed E-state index contributed by atoms with van der Waals surface area (Å²) in [6.45, 7) is 7.85. The number of fused-ring (bicyclic) bond motifs is 6. The number of hydrogen-bond acceptors (Lipinski definition) is 25. The second-order valence-corrected chi connectivity index (χ2v) is 31.8. The van der Waals surface area contributed by atoms with Gasteiger partial charge in [-0.15, -0.1) is 0 Å². The average Bonchev–Trinajstić information content (AvgIpc) is 0.770. The molecule has 7 aromatic rings. The van der Waals surface area contributed by atoms with E-state index in [4.69, 9.17) is 80.6 Å². The highest BCUT2D eigenvalue weighted by molar-refractivity contribution is 6.42. The Kier molecular flexibility index (Phi) is 28.8. The molecule has 119 heavy (non-hydrogen) atoms. The number of nitrogens with two attached hydrogens (primary N) is 1. The van der Waals surface area contributed by atoms with E-state index >= 15 is 4.79 Å². The first kappa shape index (κ1) is 89.4. The van der Waals surface area contributed by atoms with Gasteiger partial charge in [-0.3, -0.25) is 33.6 Å². The lowest BCUT2D eigenvalue weighted by atomic mass is 9.80. The van der Waals surface area contributed by atoms with Crippen LogP contribution in [0.1, 0.15) is 118 Å². The molecule has 10 bridgehead atoms. The second kappa shape index (κ2) is 38.4. The molecule has 1 saturated heterocycles. The molecule has 0 aromatic heterocycles. The van der Waals surface area contributed by atoms with Gasteiger partial charge < -0.3 is 128 Å². The Balaban J connectivity index is 0.995. The molecular weight excluding hydrogens is 1640 g/mol. The number of aliphatic hydroxyl groups excluding tert-OH is 6. The third kappa shape index (κ3) is 20.9. The largest absolute Gasteiger partial charge is 0.508 e. The first-order chi connectivity index (χ1) is 56.4. The number of rotatable bonds is 19. The molecule has 13 rings (SSSR count). The molecule has 7 aromatic carbocycles. The van der Waals surface area contributed by atoms with Crippen molar-refractivity contribution in [2.75, 3.05) is 13.7 Å². The molecule has 0 radical (unpaired) electrons. The highest BCUT2D eigenvalue weighted by Gasteiger charge is 2.51. The Labute approximate surface area is 701 Å². The zero-order chi connectivity index (χ0) is 86.3. The molecule has 18 atom stereocenters. The van der Waals surface area contributed by atoms with Crippen molar-refractivity contribution >= 4 is 93.7 Å². The fourth-order valence-corrected chi connectivity index (χ4v) is 15.3. The summed E-state index contributed by atoms with van der Waals surface area (Å²) in [5.41, 5.74) is 3.86. The second-order valence-electron chi connectivity index (χ2n) is 30.2. The van der Waals surface area contributed by atoms with Crippen molar-refractivity contribution in [3.63, 3.8) is 0 Å².